The highest BCUT2D eigenvalue weighted by Crippen LogP contribution is 2.31. The summed E-state index contributed by atoms with van der Waals surface area (Å²) in [6.07, 6.45) is 0. The lowest BCUT2D eigenvalue weighted by molar-refractivity contribution is -0.148. The van der Waals surface area contributed by atoms with Crippen LogP contribution in [-0.4, -0.2) is 42.8 Å². The molecule has 0 saturated carbocycles. The summed E-state index contributed by atoms with van der Waals surface area (Å²) in [6, 6.07) is 7.91. The predicted octanol–water partition coefficient (Wildman–Crippen LogP) is 0.353. The fourth-order valence-corrected chi connectivity index (χ4v) is 2.21. The van der Waals surface area contributed by atoms with E-state index in [1.165, 1.54) is 14.2 Å². The largest absolute Gasteiger partial charge is 0.467 e. The summed E-state index contributed by atoms with van der Waals surface area (Å²) >= 11 is 0. The fraction of sp³-hybridized carbons (Fsp3) is 0.308. The van der Waals surface area contributed by atoms with Crippen LogP contribution < -0.4 is 0 Å². The van der Waals surface area contributed by atoms with E-state index in [1.54, 1.807) is 24.3 Å². The van der Waals surface area contributed by atoms with Crippen molar-refractivity contribution in [1.82, 2.24) is 4.90 Å². The van der Waals surface area contributed by atoms with Crippen LogP contribution >= 0.6 is 0 Å². The first-order chi connectivity index (χ1) is 8.57. The summed E-state index contributed by atoms with van der Waals surface area (Å²) in [5, 5.41) is 0. The summed E-state index contributed by atoms with van der Waals surface area (Å²) < 4.78 is 4.67. The number of hydrogen-bond acceptors (Lipinski definition) is 4. The third-order valence-corrected chi connectivity index (χ3v) is 3.15. The van der Waals surface area contributed by atoms with Crippen molar-refractivity contribution < 1.29 is 19.1 Å². The molecule has 1 aromatic rings. The molecule has 1 saturated heterocycles. The molecule has 0 N–H and O–H groups in total. The van der Waals surface area contributed by atoms with E-state index in [2.05, 4.69) is 4.74 Å². The van der Waals surface area contributed by atoms with Crippen molar-refractivity contribution >= 4 is 17.7 Å². The maximum Gasteiger partial charge on any atom is 0.329 e. The van der Waals surface area contributed by atoms with Crippen molar-refractivity contribution in [2.75, 3.05) is 14.2 Å². The van der Waals surface area contributed by atoms with Gasteiger partial charge in [-0.1, -0.05) is 30.3 Å². The number of carbonyl (C=O) groups excluding carboxylic acids is 3. The zero-order valence-corrected chi connectivity index (χ0v) is 10.1. The molecule has 94 valence electrons. The van der Waals surface area contributed by atoms with Crippen molar-refractivity contribution in [3.8, 4) is 0 Å². The quantitative estimate of drug-likeness (QED) is 0.559. The van der Waals surface area contributed by atoms with Gasteiger partial charge in [-0.3, -0.25) is 9.59 Å². The second-order valence-corrected chi connectivity index (χ2v) is 4.14. The summed E-state index contributed by atoms with van der Waals surface area (Å²) in [6.45, 7) is 0. The van der Waals surface area contributed by atoms with Gasteiger partial charge in [-0.05, 0) is 5.56 Å². The molecule has 0 radical (unpaired) electrons. The van der Waals surface area contributed by atoms with E-state index < -0.39 is 29.6 Å². The Morgan fingerprint density at radius 2 is 1.83 bits per heavy atom. The SMILES string of the molecule is COC(=O)[C@H]1C(c2ccccc2)C(=O)C(=O)N1C. The van der Waals surface area contributed by atoms with E-state index in [1.807, 2.05) is 6.07 Å². The molecular weight excluding hydrogens is 234 g/mol. The first kappa shape index (κ1) is 12.3. The molecule has 0 aromatic heterocycles. The van der Waals surface area contributed by atoms with E-state index in [0.717, 1.165) is 4.90 Å². The van der Waals surface area contributed by atoms with Gasteiger partial charge in [-0.15, -0.1) is 0 Å². The number of methoxy groups -OCH3 is 1. The van der Waals surface area contributed by atoms with Gasteiger partial charge in [0.2, 0.25) is 5.78 Å². The summed E-state index contributed by atoms with van der Waals surface area (Å²) in [5.41, 5.74) is 0.649. The number of likely N-dealkylation sites (N-methyl/N-ethyl adjacent to an activating group) is 1. The topological polar surface area (TPSA) is 63.7 Å². The third kappa shape index (κ3) is 1.77. The molecule has 0 spiro atoms. The Morgan fingerprint density at radius 3 is 2.39 bits per heavy atom. The number of esters is 1. The fourth-order valence-electron chi connectivity index (χ4n) is 2.21. The number of ketones is 1. The Balaban J connectivity index is 2.45. The van der Waals surface area contributed by atoms with Crippen LogP contribution in [0.25, 0.3) is 0 Å². The molecular formula is C13H13NO4. The number of ether oxygens (including phenoxy) is 1. The Morgan fingerprint density at radius 1 is 1.22 bits per heavy atom. The maximum absolute atomic E-state index is 11.9. The van der Waals surface area contributed by atoms with Crippen molar-refractivity contribution in [2.45, 2.75) is 12.0 Å². The standard InChI is InChI=1S/C13H13NO4/c1-14-10(13(17)18-2)9(11(15)12(14)16)8-6-4-3-5-7-8/h3-7,9-10H,1-2H3/t9?,10-/m1/s1. The highest BCUT2D eigenvalue weighted by atomic mass is 16.5. The lowest BCUT2D eigenvalue weighted by Crippen LogP contribution is -2.38. The number of hydrogen-bond donors (Lipinski definition) is 0. The number of nitrogens with zero attached hydrogens (tertiary/aromatic N) is 1. The maximum atomic E-state index is 11.9. The van der Waals surface area contributed by atoms with Crippen LogP contribution in [0.2, 0.25) is 0 Å². The second-order valence-electron chi connectivity index (χ2n) is 4.14. The van der Waals surface area contributed by atoms with E-state index >= 15 is 0 Å². The molecule has 1 heterocycles. The summed E-state index contributed by atoms with van der Waals surface area (Å²) in [7, 11) is 2.68. The summed E-state index contributed by atoms with van der Waals surface area (Å²) in [5.74, 6) is -2.58. The Bertz CT molecular complexity index is 497. The van der Waals surface area contributed by atoms with Crippen LogP contribution in [0.5, 0.6) is 0 Å². The van der Waals surface area contributed by atoms with Crippen molar-refractivity contribution in [3.63, 3.8) is 0 Å². The Kier molecular flexibility index (Phi) is 3.14. The van der Waals surface area contributed by atoms with Gasteiger partial charge in [0.25, 0.3) is 5.91 Å². The molecule has 5 nitrogen and oxygen atoms in total. The van der Waals surface area contributed by atoms with Crippen molar-refractivity contribution in [3.05, 3.63) is 35.9 Å². The molecule has 0 bridgehead atoms. The second kappa shape index (κ2) is 4.60. The number of rotatable bonds is 2. The molecule has 1 amide bonds. The third-order valence-electron chi connectivity index (χ3n) is 3.15. The molecule has 1 aromatic carbocycles. The van der Waals surface area contributed by atoms with Crippen LogP contribution in [0.4, 0.5) is 0 Å². The van der Waals surface area contributed by atoms with Crippen molar-refractivity contribution in [1.29, 1.82) is 0 Å². The lowest BCUT2D eigenvalue weighted by Gasteiger charge is -2.21. The molecule has 1 unspecified atom stereocenters. The lowest BCUT2D eigenvalue weighted by atomic mass is 9.91. The minimum atomic E-state index is -0.877. The van der Waals surface area contributed by atoms with Gasteiger partial charge in [0.15, 0.2) is 0 Å². The number of likely N-dealkylation sites (tertiary alicyclic amines) is 1. The van der Waals surface area contributed by atoms with Gasteiger partial charge in [0, 0.05) is 7.05 Å². The monoisotopic (exact) mass is 247 g/mol. The van der Waals surface area contributed by atoms with Crippen molar-refractivity contribution in [2.24, 2.45) is 0 Å². The van der Waals surface area contributed by atoms with E-state index in [4.69, 9.17) is 0 Å². The van der Waals surface area contributed by atoms with Gasteiger partial charge >= 0.3 is 5.97 Å². The molecule has 1 aliphatic heterocycles. The average molecular weight is 247 g/mol. The van der Waals surface area contributed by atoms with E-state index in [-0.39, 0.29) is 0 Å². The van der Waals surface area contributed by atoms with Crippen LogP contribution in [0.15, 0.2) is 30.3 Å². The zero-order chi connectivity index (χ0) is 13.3. The van der Waals surface area contributed by atoms with Gasteiger partial charge in [-0.2, -0.15) is 0 Å². The number of Topliss-reactive ketones (excluding diaryl/α,β-unsaturated/α-hetero) is 1. The average Bonchev–Trinajstić information content (AvgIpc) is 2.63. The minimum Gasteiger partial charge on any atom is -0.467 e. The van der Waals surface area contributed by atoms with Gasteiger partial charge < -0.3 is 9.64 Å². The normalized spacial score (nSPS) is 23.3. The van der Waals surface area contributed by atoms with E-state index in [0.29, 0.717) is 5.56 Å². The van der Waals surface area contributed by atoms with Gasteiger partial charge in [0.1, 0.15) is 6.04 Å². The molecule has 1 aliphatic rings. The minimum absolute atomic E-state index is 0.570. The van der Waals surface area contributed by atoms with Crippen LogP contribution in [-0.2, 0) is 19.1 Å². The molecule has 2 atom stereocenters. The highest BCUT2D eigenvalue weighted by molar-refractivity contribution is 6.41. The van der Waals surface area contributed by atoms with E-state index in [9.17, 15) is 14.4 Å². The highest BCUT2D eigenvalue weighted by Gasteiger charge is 2.50. The summed E-state index contributed by atoms with van der Waals surface area (Å²) in [4.78, 5) is 36.5. The smallest absolute Gasteiger partial charge is 0.329 e. The first-order valence-corrected chi connectivity index (χ1v) is 5.51. The predicted molar refractivity (Wildman–Crippen MR) is 62.8 cm³/mol. The van der Waals surface area contributed by atoms with Gasteiger partial charge in [0.05, 0.1) is 13.0 Å². The zero-order valence-electron chi connectivity index (χ0n) is 10.1. The van der Waals surface area contributed by atoms with Crippen LogP contribution in [0, 0.1) is 0 Å². The van der Waals surface area contributed by atoms with Crippen LogP contribution in [0.3, 0.4) is 0 Å². The molecule has 1 fully saturated rings. The number of benzene rings is 1. The molecule has 2 rings (SSSR count). The first-order valence-electron chi connectivity index (χ1n) is 5.51. The molecule has 0 aliphatic carbocycles. The van der Waals surface area contributed by atoms with Gasteiger partial charge in [-0.25, -0.2) is 4.79 Å². The number of amides is 1. The molecule has 18 heavy (non-hydrogen) atoms. The Labute approximate surface area is 104 Å². The van der Waals surface area contributed by atoms with Crippen LogP contribution in [0.1, 0.15) is 11.5 Å². The Hall–Kier alpha value is -2.17. The number of carbonyl (C=O) groups is 3. The molecule has 5 heteroatoms.